The second-order valence-electron chi connectivity index (χ2n) is 9.64. The molecule has 41 heavy (non-hydrogen) atoms. The van der Waals surface area contributed by atoms with Crippen LogP contribution in [0.1, 0.15) is 36.2 Å². The summed E-state index contributed by atoms with van der Waals surface area (Å²) in [5, 5.41) is 3.52. The van der Waals surface area contributed by atoms with Crippen molar-refractivity contribution in [1.29, 1.82) is 0 Å². The second-order valence-corrected chi connectivity index (χ2v) is 9.64. The molecule has 5 heteroatoms. The number of pyridine rings is 1. The number of aromatic nitrogens is 3. The van der Waals surface area contributed by atoms with Crippen molar-refractivity contribution in [2.24, 2.45) is 5.73 Å². The molecule has 6 aromatic rings. The van der Waals surface area contributed by atoms with Crippen LogP contribution in [0.4, 0.5) is 0 Å². The summed E-state index contributed by atoms with van der Waals surface area (Å²) in [6, 6.07) is 32.0. The van der Waals surface area contributed by atoms with Gasteiger partial charge in [-0.3, -0.25) is 4.98 Å². The number of nitrogens with two attached hydrogens (primary N) is 1. The number of fused-ring (bicyclic) bond motifs is 3. The quantitative estimate of drug-likeness (QED) is 0.124. The van der Waals surface area contributed by atoms with Gasteiger partial charge in [0.2, 0.25) is 0 Å². The van der Waals surface area contributed by atoms with Crippen LogP contribution in [-0.2, 0) is 0 Å². The number of nitrogens with zero attached hydrogens (tertiary/aromatic N) is 3. The Hall–Kier alpha value is -3.22. The van der Waals surface area contributed by atoms with Gasteiger partial charge in [0.25, 0.3) is 0 Å². The van der Waals surface area contributed by atoms with Gasteiger partial charge >= 0.3 is 45.5 Å². The zero-order chi connectivity index (χ0) is 28.5. The number of hydrogen-bond donors (Lipinski definition) is 1. The van der Waals surface area contributed by atoms with E-state index in [1.54, 1.807) is 0 Å². The molecule has 0 saturated carbocycles. The van der Waals surface area contributed by atoms with E-state index >= 15 is 0 Å². The first kappa shape index (κ1) is 32.3. The molecule has 0 fully saturated rings. The maximum Gasteiger partial charge on any atom is 2.00 e. The second kappa shape index (κ2) is 15.7. The number of aryl methyl sites for hydroxylation is 3. The Morgan fingerprint density at radius 3 is 2.07 bits per heavy atom. The molecule has 4 nitrogen and oxygen atoms in total. The number of benzene rings is 4. The predicted octanol–water partition coefficient (Wildman–Crippen LogP) is 8.43. The van der Waals surface area contributed by atoms with Gasteiger partial charge in [0.1, 0.15) is 0 Å². The Morgan fingerprint density at radius 1 is 0.829 bits per heavy atom. The third kappa shape index (κ3) is 7.75. The molecule has 0 aliphatic carbocycles. The monoisotopic (exact) mass is 612 g/mol. The molecule has 0 saturated heterocycles. The summed E-state index contributed by atoms with van der Waals surface area (Å²) in [5.41, 5.74) is 13.4. The molecule has 0 bridgehead atoms. The van der Waals surface area contributed by atoms with Gasteiger partial charge in [-0.05, 0) is 55.6 Å². The third-order valence-electron chi connectivity index (χ3n) is 6.36. The SMILES string of the molecule is C[CH-]C.Cc1cc(C)c(-n2ccnc2-c2[c-]cccc2)c(C)c1.N/C=C\c1nc2ccccc2c2ccccc12.[Sr+2]. The first-order valence-electron chi connectivity index (χ1n) is 13.5. The van der Waals surface area contributed by atoms with Gasteiger partial charge in [-0.2, -0.15) is 13.8 Å². The van der Waals surface area contributed by atoms with Crippen LogP contribution in [0.5, 0.6) is 0 Å². The first-order valence-corrected chi connectivity index (χ1v) is 13.5. The largest absolute Gasteiger partial charge is 2.00 e. The summed E-state index contributed by atoms with van der Waals surface area (Å²) in [6.07, 6.45) is 9.23. The van der Waals surface area contributed by atoms with Crippen LogP contribution in [0, 0.1) is 33.3 Å². The minimum absolute atomic E-state index is 0. The Morgan fingerprint density at radius 2 is 1.44 bits per heavy atom. The van der Waals surface area contributed by atoms with E-state index in [-0.39, 0.29) is 45.5 Å². The smallest absolute Gasteiger partial charge is 0.405 e. The van der Waals surface area contributed by atoms with E-state index in [2.05, 4.69) is 71.7 Å². The summed E-state index contributed by atoms with van der Waals surface area (Å²) < 4.78 is 2.15. The Kier molecular flexibility index (Phi) is 12.4. The molecule has 0 spiro atoms. The molecule has 0 amide bonds. The maximum atomic E-state index is 5.48. The van der Waals surface area contributed by atoms with E-state index in [9.17, 15) is 0 Å². The van der Waals surface area contributed by atoms with Gasteiger partial charge in [0.05, 0.1) is 17.0 Å². The van der Waals surface area contributed by atoms with Crippen LogP contribution in [0.15, 0.2) is 104 Å². The average molecular weight is 612 g/mol. The number of imidazole rings is 1. The Bertz CT molecular complexity index is 1710. The molecule has 4 aromatic carbocycles. The van der Waals surface area contributed by atoms with Crippen molar-refractivity contribution >= 4 is 73.2 Å². The molecular weight excluding hydrogens is 576 g/mol. The topological polar surface area (TPSA) is 56.7 Å². The van der Waals surface area contributed by atoms with Gasteiger partial charge in [-0.1, -0.05) is 60.2 Å². The van der Waals surface area contributed by atoms with Gasteiger partial charge in [0, 0.05) is 28.9 Å². The minimum Gasteiger partial charge on any atom is -0.405 e. The van der Waals surface area contributed by atoms with E-state index < -0.39 is 0 Å². The average Bonchev–Trinajstić information content (AvgIpc) is 3.43. The Balaban J connectivity index is 0.000000203. The number of rotatable bonds is 3. The molecular formula is C36H36N4Sr. The fourth-order valence-electron chi connectivity index (χ4n) is 4.92. The molecule has 6 rings (SSSR count). The minimum atomic E-state index is 0. The van der Waals surface area contributed by atoms with Gasteiger partial charge in [-0.25, -0.2) is 4.98 Å². The van der Waals surface area contributed by atoms with Crippen LogP contribution in [0.25, 0.3) is 44.8 Å². The summed E-state index contributed by atoms with van der Waals surface area (Å²) >= 11 is 0. The van der Waals surface area contributed by atoms with Gasteiger partial charge in [0.15, 0.2) is 0 Å². The molecule has 0 aliphatic heterocycles. The molecule has 202 valence electrons. The van der Waals surface area contributed by atoms with Crippen LogP contribution in [0.2, 0.25) is 0 Å². The first-order chi connectivity index (χ1) is 19.5. The molecule has 0 atom stereocenters. The standard InChI is InChI=1S/C18H17N2.C15H12N2.C3H7.Sr/c1-13-11-14(2)17(15(3)12-13)20-10-9-19-18(20)16-7-5-4-6-8-16;16-10-9-15-13-6-2-1-5-11(13)12-7-3-4-8-14(12)17-15;1-3-2;/h4-7,9-12H,1-3H3;1-10H,16H2;3H,1-2H3;/q-1;;-1;+2/b;10-9-;;. The van der Waals surface area contributed by atoms with Crippen molar-refractivity contribution in [2.45, 2.75) is 34.6 Å². The van der Waals surface area contributed by atoms with E-state index in [1.807, 2.05) is 93.3 Å². The van der Waals surface area contributed by atoms with Crippen molar-refractivity contribution in [3.63, 3.8) is 0 Å². The molecule has 0 unspecified atom stereocenters. The normalized spacial score (nSPS) is 10.5. The summed E-state index contributed by atoms with van der Waals surface area (Å²) in [4.78, 5) is 9.13. The Labute approximate surface area is 281 Å². The van der Waals surface area contributed by atoms with E-state index in [1.165, 1.54) is 39.4 Å². The van der Waals surface area contributed by atoms with E-state index in [0.29, 0.717) is 0 Å². The fraction of sp³-hybridized carbons (Fsp3) is 0.139. The maximum absolute atomic E-state index is 5.48. The van der Waals surface area contributed by atoms with Crippen molar-refractivity contribution in [3.8, 4) is 17.1 Å². The van der Waals surface area contributed by atoms with Gasteiger partial charge < -0.3 is 16.7 Å². The third-order valence-corrected chi connectivity index (χ3v) is 6.36. The van der Waals surface area contributed by atoms with Crippen LogP contribution in [-0.4, -0.2) is 60.0 Å². The summed E-state index contributed by atoms with van der Waals surface area (Å²) in [7, 11) is 0. The molecule has 0 radical (unpaired) electrons. The number of para-hydroxylation sites is 1. The van der Waals surface area contributed by atoms with Crippen molar-refractivity contribution < 1.29 is 0 Å². The fourth-order valence-corrected chi connectivity index (χ4v) is 4.92. The molecule has 2 N–H and O–H groups in total. The molecule has 0 aliphatic rings. The van der Waals surface area contributed by atoms with Crippen LogP contribution in [0.3, 0.4) is 0 Å². The van der Waals surface area contributed by atoms with Crippen LogP contribution >= 0.6 is 0 Å². The van der Waals surface area contributed by atoms with E-state index in [0.717, 1.165) is 28.0 Å². The van der Waals surface area contributed by atoms with Gasteiger partial charge in [-0.15, -0.1) is 35.9 Å². The van der Waals surface area contributed by atoms with Crippen molar-refractivity contribution in [3.05, 3.63) is 138 Å². The van der Waals surface area contributed by atoms with Crippen molar-refractivity contribution in [2.75, 3.05) is 0 Å². The summed E-state index contributed by atoms with van der Waals surface area (Å²) in [6.45, 7) is 10.4. The molecule has 2 aromatic heterocycles. The van der Waals surface area contributed by atoms with Crippen LogP contribution < -0.4 is 5.73 Å². The van der Waals surface area contributed by atoms with Crippen molar-refractivity contribution in [1.82, 2.24) is 14.5 Å². The predicted molar refractivity (Wildman–Crippen MR) is 176 cm³/mol. The molecule has 2 heterocycles. The zero-order valence-electron chi connectivity index (χ0n) is 24.6. The van der Waals surface area contributed by atoms with E-state index in [4.69, 9.17) is 5.73 Å². The number of hydrogen-bond acceptors (Lipinski definition) is 3. The zero-order valence-corrected chi connectivity index (χ0v) is 28.1. The summed E-state index contributed by atoms with van der Waals surface area (Å²) in [5.74, 6) is 0.931.